The van der Waals surface area contributed by atoms with Gasteiger partial charge in [-0.05, 0) is 40.8 Å². The van der Waals surface area contributed by atoms with E-state index in [-0.39, 0.29) is 17.7 Å². The molecule has 150 valence electrons. The van der Waals surface area contributed by atoms with Gasteiger partial charge in [-0.2, -0.15) is 5.26 Å². The van der Waals surface area contributed by atoms with Gasteiger partial charge in [-0.25, -0.2) is 4.90 Å². The second kappa shape index (κ2) is 6.15. The first-order chi connectivity index (χ1) is 15.1. The maximum atomic E-state index is 14.0. The van der Waals surface area contributed by atoms with Crippen LogP contribution in [-0.4, -0.2) is 11.8 Å². The van der Waals surface area contributed by atoms with E-state index in [1.165, 1.54) is 16.0 Å². The molecule has 1 heterocycles. The highest BCUT2D eigenvalue weighted by molar-refractivity contribution is 6.24. The van der Waals surface area contributed by atoms with E-state index in [2.05, 4.69) is 37.3 Å². The van der Waals surface area contributed by atoms with Gasteiger partial charge in [-0.3, -0.25) is 9.59 Å². The summed E-state index contributed by atoms with van der Waals surface area (Å²) in [5.41, 5.74) is 4.83. The summed E-state index contributed by atoms with van der Waals surface area (Å²) in [6.45, 7) is 2.11. The van der Waals surface area contributed by atoms with Gasteiger partial charge < -0.3 is 0 Å². The van der Waals surface area contributed by atoms with E-state index < -0.39 is 17.3 Å². The Morgan fingerprint density at radius 2 is 1.45 bits per heavy atom. The van der Waals surface area contributed by atoms with Crippen LogP contribution >= 0.6 is 0 Å². The number of hydrogen-bond acceptors (Lipinski definition) is 3. The number of carbonyl (C=O) groups excluding carboxylic acids is 2. The van der Waals surface area contributed by atoms with Crippen LogP contribution in [0, 0.1) is 23.2 Å². The number of amides is 2. The van der Waals surface area contributed by atoms with Crippen LogP contribution < -0.4 is 4.90 Å². The van der Waals surface area contributed by atoms with Crippen LogP contribution in [0.25, 0.3) is 0 Å². The molecule has 0 unspecified atom stereocenters. The minimum atomic E-state index is -0.546. The number of nitrogens with zero attached hydrogens (tertiary/aromatic N) is 2. The minimum Gasteiger partial charge on any atom is -0.274 e. The topological polar surface area (TPSA) is 61.2 Å². The predicted molar refractivity (Wildman–Crippen MR) is 116 cm³/mol. The fraction of sp³-hybridized carbons (Fsp3) is 0.222. The molecule has 4 heteroatoms. The number of imide groups is 1. The van der Waals surface area contributed by atoms with Crippen molar-refractivity contribution in [2.24, 2.45) is 11.8 Å². The number of rotatable bonds is 2. The summed E-state index contributed by atoms with van der Waals surface area (Å²) < 4.78 is 0. The second-order valence-corrected chi connectivity index (χ2v) is 8.62. The largest absolute Gasteiger partial charge is 0.274 e. The normalized spacial score (nSPS) is 27.5. The molecule has 31 heavy (non-hydrogen) atoms. The zero-order valence-electron chi connectivity index (χ0n) is 17.1. The molecule has 2 bridgehead atoms. The average Bonchev–Trinajstić information content (AvgIpc) is 3.09. The number of nitriles is 1. The molecule has 0 saturated carbocycles. The SMILES string of the molecule is CCC12c3ccccc3C(c3ccccc31)[C@@H]1C(=O)N(c3ccccc3C#N)C(=O)[C@@H]12. The van der Waals surface area contributed by atoms with E-state index in [1.54, 1.807) is 24.3 Å². The van der Waals surface area contributed by atoms with Gasteiger partial charge in [0.05, 0.1) is 23.1 Å². The Morgan fingerprint density at radius 1 is 0.871 bits per heavy atom. The summed E-state index contributed by atoms with van der Waals surface area (Å²) in [5.74, 6) is -1.45. The monoisotopic (exact) mass is 404 g/mol. The van der Waals surface area contributed by atoms with Crippen LogP contribution in [-0.2, 0) is 15.0 Å². The first-order valence-corrected chi connectivity index (χ1v) is 10.7. The summed E-state index contributed by atoms with van der Waals surface area (Å²) in [6.07, 6.45) is 0.724. The predicted octanol–water partition coefficient (Wildman–Crippen LogP) is 4.52. The van der Waals surface area contributed by atoms with Crippen molar-refractivity contribution < 1.29 is 9.59 Å². The quantitative estimate of drug-likeness (QED) is 0.590. The number of anilines is 1. The zero-order chi connectivity index (χ0) is 21.3. The molecule has 7 rings (SSSR count). The van der Waals surface area contributed by atoms with Crippen LogP contribution in [0.3, 0.4) is 0 Å². The van der Waals surface area contributed by atoms with Gasteiger partial charge in [0.15, 0.2) is 0 Å². The van der Waals surface area contributed by atoms with Crippen LogP contribution in [0.2, 0.25) is 0 Å². The number of hydrogen-bond donors (Lipinski definition) is 0. The maximum absolute atomic E-state index is 14.0. The van der Waals surface area contributed by atoms with Gasteiger partial charge in [0.2, 0.25) is 11.8 Å². The van der Waals surface area contributed by atoms with E-state index in [9.17, 15) is 14.9 Å². The molecule has 2 atom stereocenters. The number of benzene rings is 3. The van der Waals surface area contributed by atoms with Crippen LogP contribution in [0.5, 0.6) is 0 Å². The first kappa shape index (κ1) is 18.1. The molecule has 3 aliphatic carbocycles. The highest BCUT2D eigenvalue weighted by Crippen LogP contribution is 2.65. The van der Waals surface area contributed by atoms with Crippen molar-refractivity contribution in [3.8, 4) is 6.07 Å². The van der Waals surface area contributed by atoms with Crippen molar-refractivity contribution in [3.63, 3.8) is 0 Å². The molecule has 4 nitrogen and oxygen atoms in total. The zero-order valence-corrected chi connectivity index (χ0v) is 17.1. The fourth-order valence-electron chi connectivity index (χ4n) is 6.53. The number of para-hydroxylation sites is 1. The first-order valence-electron chi connectivity index (χ1n) is 10.7. The Hall–Kier alpha value is -3.71. The fourth-order valence-corrected chi connectivity index (χ4v) is 6.53. The molecule has 1 aliphatic heterocycles. The Balaban J connectivity index is 1.65. The van der Waals surface area contributed by atoms with Crippen LogP contribution in [0.4, 0.5) is 5.69 Å². The third-order valence-electron chi connectivity index (χ3n) is 7.62. The van der Waals surface area contributed by atoms with Gasteiger partial charge in [0, 0.05) is 11.3 Å². The Kier molecular flexibility index (Phi) is 3.59. The van der Waals surface area contributed by atoms with Crippen LogP contribution in [0.1, 0.15) is 47.1 Å². The Morgan fingerprint density at radius 3 is 2.06 bits per heavy atom. The van der Waals surface area contributed by atoms with Crippen LogP contribution in [0.15, 0.2) is 72.8 Å². The lowest BCUT2D eigenvalue weighted by Crippen LogP contribution is -2.53. The summed E-state index contributed by atoms with van der Waals surface area (Å²) >= 11 is 0. The lowest BCUT2D eigenvalue weighted by molar-refractivity contribution is -0.123. The third kappa shape index (κ3) is 1.99. The van der Waals surface area contributed by atoms with Gasteiger partial charge in [-0.15, -0.1) is 0 Å². The molecule has 0 spiro atoms. The van der Waals surface area contributed by atoms with Gasteiger partial charge in [0.1, 0.15) is 6.07 Å². The van der Waals surface area contributed by atoms with Crippen molar-refractivity contribution in [1.82, 2.24) is 0 Å². The van der Waals surface area contributed by atoms with Crippen molar-refractivity contribution in [3.05, 3.63) is 101 Å². The summed E-state index contributed by atoms with van der Waals surface area (Å²) in [7, 11) is 0. The molecule has 3 aromatic rings. The Labute approximate surface area is 180 Å². The van der Waals surface area contributed by atoms with Crippen molar-refractivity contribution >= 4 is 17.5 Å². The number of carbonyl (C=O) groups is 2. The maximum Gasteiger partial charge on any atom is 0.239 e. The van der Waals surface area contributed by atoms with E-state index in [0.717, 1.165) is 17.5 Å². The molecule has 0 N–H and O–H groups in total. The lowest BCUT2D eigenvalue weighted by atomic mass is 9.46. The standard InChI is InChI=1S/C27H20N2O2/c1-2-27-19-12-6-4-10-17(19)22(18-11-5-7-13-20(18)27)23-24(27)26(31)29(25(23)30)21-14-8-3-9-16(21)15-28/h3-14,22-24H,2H2,1H3/t22?,23-,24+,27?/m0/s1. The molecule has 1 saturated heterocycles. The summed E-state index contributed by atoms with van der Waals surface area (Å²) in [4.78, 5) is 29.2. The van der Waals surface area contributed by atoms with E-state index in [1.807, 2.05) is 24.3 Å². The molecule has 0 aromatic heterocycles. The molecular formula is C27H20N2O2. The van der Waals surface area contributed by atoms with Gasteiger partial charge in [-0.1, -0.05) is 67.6 Å². The van der Waals surface area contributed by atoms with Crippen molar-refractivity contribution in [2.75, 3.05) is 4.90 Å². The molecule has 4 aliphatic rings. The highest BCUT2D eigenvalue weighted by atomic mass is 16.2. The van der Waals surface area contributed by atoms with E-state index in [4.69, 9.17) is 0 Å². The molecule has 1 fully saturated rings. The molecule has 2 amide bonds. The smallest absolute Gasteiger partial charge is 0.239 e. The second-order valence-electron chi connectivity index (χ2n) is 8.62. The molecular weight excluding hydrogens is 384 g/mol. The van der Waals surface area contributed by atoms with E-state index in [0.29, 0.717) is 11.3 Å². The summed E-state index contributed by atoms with van der Waals surface area (Å²) in [5, 5.41) is 9.61. The third-order valence-corrected chi connectivity index (χ3v) is 7.62. The van der Waals surface area contributed by atoms with Crippen molar-refractivity contribution in [1.29, 1.82) is 5.26 Å². The lowest BCUT2D eigenvalue weighted by Gasteiger charge is -2.54. The summed E-state index contributed by atoms with van der Waals surface area (Å²) in [6, 6.07) is 25.6. The van der Waals surface area contributed by atoms with Gasteiger partial charge in [0.25, 0.3) is 0 Å². The Bertz CT molecular complexity index is 1270. The highest BCUT2D eigenvalue weighted by Gasteiger charge is 2.67. The van der Waals surface area contributed by atoms with E-state index >= 15 is 0 Å². The van der Waals surface area contributed by atoms with Crippen molar-refractivity contribution in [2.45, 2.75) is 24.7 Å². The minimum absolute atomic E-state index is 0.151. The average molecular weight is 404 g/mol. The molecule has 3 aromatic carbocycles. The van der Waals surface area contributed by atoms with Gasteiger partial charge >= 0.3 is 0 Å². The molecule has 0 radical (unpaired) electrons.